The van der Waals surface area contributed by atoms with Crippen LogP contribution in [0.5, 0.6) is 0 Å². The molecule has 2 aromatic rings. The van der Waals surface area contributed by atoms with E-state index in [4.69, 9.17) is 0 Å². The molecule has 0 fully saturated rings. The number of benzene rings is 1. The maximum absolute atomic E-state index is 12.3. The van der Waals surface area contributed by atoms with E-state index in [-0.39, 0.29) is 5.91 Å². The molecule has 0 spiro atoms. The third-order valence-corrected chi connectivity index (χ3v) is 3.21. The summed E-state index contributed by atoms with van der Waals surface area (Å²) in [7, 11) is 0. The van der Waals surface area contributed by atoms with Crippen LogP contribution in [0.15, 0.2) is 36.5 Å². The second-order valence-corrected chi connectivity index (χ2v) is 5.10. The zero-order valence-electron chi connectivity index (χ0n) is 12.7. The number of aryl methyl sites for hydroxylation is 2. The number of hydrogen-bond acceptors (Lipinski definition) is 3. The standard InChI is InChI=1S/C17H21N3O/c1-4-8-19-16-6-5-14(10-12(16)2)17(21)20-15-7-9-18-13(3)11-15/h5-7,9-11,19H,4,8H2,1-3H3,(H,18,20,21). The maximum Gasteiger partial charge on any atom is 0.255 e. The number of carbonyl (C=O) groups excluding carboxylic acids is 1. The lowest BCUT2D eigenvalue weighted by molar-refractivity contribution is 0.102. The third-order valence-electron chi connectivity index (χ3n) is 3.21. The van der Waals surface area contributed by atoms with Crippen LogP contribution in [-0.2, 0) is 0 Å². The van der Waals surface area contributed by atoms with Crippen LogP contribution in [0.2, 0.25) is 0 Å². The van der Waals surface area contributed by atoms with E-state index in [0.29, 0.717) is 5.56 Å². The van der Waals surface area contributed by atoms with Gasteiger partial charge in [-0.15, -0.1) is 0 Å². The summed E-state index contributed by atoms with van der Waals surface area (Å²) in [6.45, 7) is 6.96. The van der Waals surface area contributed by atoms with Crippen LogP contribution in [0.25, 0.3) is 0 Å². The van der Waals surface area contributed by atoms with Crippen molar-refractivity contribution in [3.63, 3.8) is 0 Å². The number of pyridine rings is 1. The zero-order valence-corrected chi connectivity index (χ0v) is 12.7. The molecule has 4 nitrogen and oxygen atoms in total. The number of aromatic nitrogens is 1. The van der Waals surface area contributed by atoms with Crippen molar-refractivity contribution in [1.29, 1.82) is 0 Å². The molecular formula is C17H21N3O. The fourth-order valence-electron chi connectivity index (χ4n) is 2.09. The second kappa shape index (κ2) is 6.88. The summed E-state index contributed by atoms with van der Waals surface area (Å²) in [6.07, 6.45) is 2.76. The molecule has 0 aliphatic carbocycles. The molecule has 1 aromatic heterocycles. The van der Waals surface area contributed by atoms with Gasteiger partial charge in [0.25, 0.3) is 5.91 Å². The summed E-state index contributed by atoms with van der Waals surface area (Å²) >= 11 is 0. The molecule has 0 unspecified atom stereocenters. The minimum Gasteiger partial charge on any atom is -0.385 e. The Kier molecular flexibility index (Phi) is 4.93. The van der Waals surface area contributed by atoms with Gasteiger partial charge < -0.3 is 10.6 Å². The topological polar surface area (TPSA) is 54.0 Å². The van der Waals surface area contributed by atoms with Crippen LogP contribution >= 0.6 is 0 Å². The highest BCUT2D eigenvalue weighted by atomic mass is 16.1. The van der Waals surface area contributed by atoms with Gasteiger partial charge in [-0.3, -0.25) is 9.78 Å². The predicted molar refractivity (Wildman–Crippen MR) is 86.9 cm³/mol. The number of hydrogen-bond donors (Lipinski definition) is 2. The van der Waals surface area contributed by atoms with Crippen LogP contribution < -0.4 is 10.6 Å². The molecule has 0 aliphatic heterocycles. The van der Waals surface area contributed by atoms with Crippen molar-refractivity contribution in [2.45, 2.75) is 27.2 Å². The maximum atomic E-state index is 12.3. The van der Waals surface area contributed by atoms with Gasteiger partial charge >= 0.3 is 0 Å². The van der Waals surface area contributed by atoms with Crippen molar-refractivity contribution < 1.29 is 4.79 Å². The molecule has 1 amide bonds. The van der Waals surface area contributed by atoms with Gasteiger partial charge in [-0.1, -0.05) is 6.92 Å². The monoisotopic (exact) mass is 283 g/mol. The summed E-state index contributed by atoms with van der Waals surface area (Å²) in [5.74, 6) is -0.106. The Morgan fingerprint density at radius 2 is 2.00 bits per heavy atom. The van der Waals surface area contributed by atoms with Gasteiger partial charge in [0.2, 0.25) is 0 Å². The molecule has 1 heterocycles. The van der Waals surface area contributed by atoms with Crippen LogP contribution in [0.3, 0.4) is 0 Å². The van der Waals surface area contributed by atoms with Crippen molar-refractivity contribution in [3.8, 4) is 0 Å². The number of rotatable bonds is 5. The second-order valence-electron chi connectivity index (χ2n) is 5.10. The Morgan fingerprint density at radius 1 is 1.19 bits per heavy atom. The first kappa shape index (κ1) is 15.0. The Balaban J connectivity index is 2.11. The molecule has 1 aromatic carbocycles. The number of nitrogens with zero attached hydrogens (tertiary/aromatic N) is 1. The quantitative estimate of drug-likeness (QED) is 0.878. The molecule has 0 bridgehead atoms. The molecular weight excluding hydrogens is 262 g/mol. The molecule has 0 saturated heterocycles. The van der Waals surface area contributed by atoms with E-state index < -0.39 is 0 Å². The fraction of sp³-hybridized carbons (Fsp3) is 0.294. The highest BCUT2D eigenvalue weighted by molar-refractivity contribution is 6.04. The van der Waals surface area contributed by atoms with Crippen molar-refractivity contribution in [3.05, 3.63) is 53.3 Å². The van der Waals surface area contributed by atoms with Gasteiger partial charge in [0.05, 0.1) is 0 Å². The highest BCUT2D eigenvalue weighted by Crippen LogP contribution is 2.18. The van der Waals surface area contributed by atoms with E-state index in [1.54, 1.807) is 12.3 Å². The first-order chi connectivity index (χ1) is 10.1. The minimum absolute atomic E-state index is 0.106. The number of anilines is 2. The molecule has 0 aliphatic rings. The molecule has 0 radical (unpaired) electrons. The molecule has 2 N–H and O–H groups in total. The van der Waals surface area contributed by atoms with Gasteiger partial charge in [-0.25, -0.2) is 0 Å². The molecule has 0 saturated carbocycles. The SMILES string of the molecule is CCCNc1ccc(C(=O)Nc2ccnc(C)c2)cc1C. The van der Waals surface area contributed by atoms with E-state index in [1.807, 2.05) is 38.1 Å². The first-order valence-corrected chi connectivity index (χ1v) is 7.18. The summed E-state index contributed by atoms with van der Waals surface area (Å²) < 4.78 is 0. The van der Waals surface area contributed by atoms with Crippen LogP contribution in [0.4, 0.5) is 11.4 Å². The minimum atomic E-state index is -0.106. The average molecular weight is 283 g/mol. The van der Waals surface area contributed by atoms with Crippen LogP contribution in [0.1, 0.15) is 35.0 Å². The first-order valence-electron chi connectivity index (χ1n) is 7.18. The molecule has 4 heteroatoms. The van der Waals surface area contributed by atoms with E-state index in [9.17, 15) is 4.79 Å². The van der Waals surface area contributed by atoms with Gasteiger partial charge in [0.1, 0.15) is 0 Å². The van der Waals surface area contributed by atoms with E-state index >= 15 is 0 Å². The predicted octanol–water partition coefficient (Wildman–Crippen LogP) is 3.77. The van der Waals surface area contributed by atoms with Crippen molar-refractivity contribution in [1.82, 2.24) is 4.98 Å². The van der Waals surface area contributed by atoms with Gasteiger partial charge in [-0.05, 0) is 56.2 Å². The summed E-state index contributed by atoms with van der Waals surface area (Å²) in [5, 5.41) is 6.24. The normalized spacial score (nSPS) is 10.2. The molecule has 21 heavy (non-hydrogen) atoms. The lowest BCUT2D eigenvalue weighted by Crippen LogP contribution is -2.12. The van der Waals surface area contributed by atoms with Gasteiger partial charge in [0.15, 0.2) is 0 Å². The lowest BCUT2D eigenvalue weighted by Gasteiger charge is -2.11. The summed E-state index contributed by atoms with van der Waals surface area (Å²) in [6, 6.07) is 9.34. The number of carbonyl (C=O) groups is 1. The zero-order chi connectivity index (χ0) is 15.2. The average Bonchev–Trinajstić information content (AvgIpc) is 2.46. The van der Waals surface area contributed by atoms with Crippen LogP contribution in [0, 0.1) is 13.8 Å². The van der Waals surface area contributed by atoms with Crippen LogP contribution in [-0.4, -0.2) is 17.4 Å². The Bertz CT molecular complexity index is 638. The Labute approximate surface area is 125 Å². The Hall–Kier alpha value is -2.36. The fourth-order valence-corrected chi connectivity index (χ4v) is 2.09. The molecule has 2 rings (SSSR count). The van der Waals surface area contributed by atoms with Crippen molar-refractivity contribution in [2.24, 2.45) is 0 Å². The van der Waals surface area contributed by atoms with Crippen molar-refractivity contribution in [2.75, 3.05) is 17.2 Å². The summed E-state index contributed by atoms with van der Waals surface area (Å²) in [5.41, 5.74) is 4.45. The van der Waals surface area contributed by atoms with Crippen molar-refractivity contribution >= 4 is 17.3 Å². The smallest absolute Gasteiger partial charge is 0.255 e. The number of nitrogens with one attached hydrogen (secondary N) is 2. The number of amides is 1. The van der Waals surface area contributed by atoms with Gasteiger partial charge in [0, 0.05) is 35.4 Å². The summed E-state index contributed by atoms with van der Waals surface area (Å²) in [4.78, 5) is 16.4. The third kappa shape index (κ3) is 4.05. The largest absolute Gasteiger partial charge is 0.385 e. The van der Waals surface area contributed by atoms with E-state index in [1.165, 1.54) is 0 Å². The Morgan fingerprint density at radius 3 is 2.67 bits per heavy atom. The molecule has 0 atom stereocenters. The van der Waals surface area contributed by atoms with E-state index in [0.717, 1.165) is 35.6 Å². The highest BCUT2D eigenvalue weighted by Gasteiger charge is 2.08. The lowest BCUT2D eigenvalue weighted by atomic mass is 10.1. The molecule has 110 valence electrons. The van der Waals surface area contributed by atoms with E-state index in [2.05, 4.69) is 22.5 Å². The van der Waals surface area contributed by atoms with Gasteiger partial charge in [-0.2, -0.15) is 0 Å².